The van der Waals surface area contributed by atoms with Gasteiger partial charge in [-0.25, -0.2) is 0 Å². The van der Waals surface area contributed by atoms with Crippen molar-refractivity contribution in [3.8, 4) is 0 Å². The minimum absolute atomic E-state index is 0.173. The summed E-state index contributed by atoms with van der Waals surface area (Å²) in [6, 6.07) is 9.38. The van der Waals surface area contributed by atoms with E-state index >= 15 is 0 Å². The van der Waals surface area contributed by atoms with Crippen LogP contribution in [0.3, 0.4) is 0 Å². The first-order chi connectivity index (χ1) is 9.08. The number of amides is 3. The molecule has 5 heteroatoms. The zero-order valence-corrected chi connectivity index (χ0v) is 10.8. The van der Waals surface area contributed by atoms with E-state index in [1.165, 1.54) is 11.8 Å². The average molecular weight is 260 g/mol. The molecule has 1 aliphatic heterocycles. The van der Waals surface area contributed by atoms with Crippen LogP contribution in [0.4, 0.5) is 0 Å². The predicted octanol–water partition coefficient (Wildman–Crippen LogP) is 0.698. The van der Waals surface area contributed by atoms with E-state index in [1.807, 2.05) is 30.3 Å². The van der Waals surface area contributed by atoms with Gasteiger partial charge >= 0.3 is 0 Å². The molecule has 1 aromatic rings. The van der Waals surface area contributed by atoms with Crippen molar-refractivity contribution in [2.24, 2.45) is 5.92 Å². The third-order valence-corrected chi connectivity index (χ3v) is 3.12. The Morgan fingerprint density at radius 3 is 2.63 bits per heavy atom. The molecule has 0 saturated carbocycles. The van der Waals surface area contributed by atoms with Gasteiger partial charge < -0.3 is 5.32 Å². The van der Waals surface area contributed by atoms with Crippen LogP contribution in [-0.2, 0) is 20.9 Å². The Morgan fingerprint density at radius 2 is 2.00 bits per heavy atom. The Labute approximate surface area is 111 Å². The number of likely N-dealkylation sites (tertiary alicyclic amines) is 1. The lowest BCUT2D eigenvalue weighted by Gasteiger charge is -2.15. The minimum Gasteiger partial charge on any atom is -0.356 e. The Bertz CT molecular complexity index is 499. The molecule has 0 aliphatic carbocycles. The highest BCUT2D eigenvalue weighted by molar-refractivity contribution is 6.03. The first-order valence-corrected chi connectivity index (χ1v) is 6.20. The number of hydrogen-bond acceptors (Lipinski definition) is 3. The predicted molar refractivity (Wildman–Crippen MR) is 68.8 cm³/mol. The molecular weight excluding hydrogens is 244 g/mol. The summed E-state index contributed by atoms with van der Waals surface area (Å²) in [5.41, 5.74) is 0.921. The molecule has 0 radical (unpaired) electrons. The zero-order valence-electron chi connectivity index (χ0n) is 10.8. The van der Waals surface area contributed by atoms with Crippen LogP contribution in [0.5, 0.6) is 0 Å². The van der Waals surface area contributed by atoms with Gasteiger partial charge in [0.2, 0.25) is 17.7 Å². The number of benzene rings is 1. The molecule has 0 spiro atoms. The topological polar surface area (TPSA) is 66.5 Å². The lowest BCUT2D eigenvalue weighted by atomic mass is 10.1. The van der Waals surface area contributed by atoms with E-state index in [-0.39, 0.29) is 30.7 Å². The van der Waals surface area contributed by atoms with Crippen molar-refractivity contribution >= 4 is 17.7 Å². The minimum atomic E-state index is -0.430. The van der Waals surface area contributed by atoms with Crippen molar-refractivity contribution in [3.05, 3.63) is 35.9 Å². The van der Waals surface area contributed by atoms with Crippen LogP contribution in [0.25, 0.3) is 0 Å². The van der Waals surface area contributed by atoms with E-state index in [9.17, 15) is 14.4 Å². The van der Waals surface area contributed by atoms with Crippen LogP contribution in [0.1, 0.15) is 18.9 Å². The molecule has 19 heavy (non-hydrogen) atoms. The number of rotatable bonds is 4. The van der Waals surface area contributed by atoms with E-state index in [1.54, 1.807) is 0 Å². The third kappa shape index (κ3) is 3.19. The Hall–Kier alpha value is -2.17. The van der Waals surface area contributed by atoms with Crippen molar-refractivity contribution in [2.45, 2.75) is 19.9 Å². The largest absolute Gasteiger partial charge is 0.356 e. The SMILES string of the molecule is CC(=O)NC[C@H]1CC(=O)N(Cc2ccccc2)C1=O. The van der Waals surface area contributed by atoms with Gasteiger partial charge in [0.15, 0.2) is 0 Å². The first kappa shape index (κ1) is 13.3. The number of nitrogens with one attached hydrogen (secondary N) is 1. The number of hydrogen-bond donors (Lipinski definition) is 1. The summed E-state index contributed by atoms with van der Waals surface area (Å²) in [4.78, 5) is 36.0. The zero-order chi connectivity index (χ0) is 13.8. The monoisotopic (exact) mass is 260 g/mol. The summed E-state index contributed by atoms with van der Waals surface area (Å²) >= 11 is 0. The Balaban J connectivity index is 2.00. The van der Waals surface area contributed by atoms with E-state index in [0.717, 1.165) is 5.56 Å². The standard InChI is InChI=1S/C14H16N2O3/c1-10(17)15-8-12-7-13(18)16(14(12)19)9-11-5-3-2-4-6-11/h2-6,12H,7-9H2,1H3,(H,15,17)/t12-/m1/s1. The molecule has 5 nitrogen and oxygen atoms in total. The molecule has 100 valence electrons. The lowest BCUT2D eigenvalue weighted by Crippen LogP contribution is -2.34. The molecule has 3 amide bonds. The highest BCUT2D eigenvalue weighted by atomic mass is 16.2. The molecule has 1 atom stereocenters. The molecule has 0 aromatic heterocycles. The van der Waals surface area contributed by atoms with Crippen LogP contribution < -0.4 is 5.32 Å². The second-order valence-corrected chi connectivity index (χ2v) is 4.64. The van der Waals surface area contributed by atoms with Gasteiger partial charge in [0, 0.05) is 19.9 Å². The summed E-state index contributed by atoms with van der Waals surface area (Å²) in [5.74, 6) is -1.01. The van der Waals surface area contributed by atoms with Crippen LogP contribution in [0.2, 0.25) is 0 Å². The second kappa shape index (κ2) is 5.65. The van der Waals surface area contributed by atoms with Crippen molar-refractivity contribution in [1.29, 1.82) is 0 Å². The number of nitrogens with zero attached hydrogens (tertiary/aromatic N) is 1. The highest BCUT2D eigenvalue weighted by Crippen LogP contribution is 2.21. The van der Waals surface area contributed by atoms with Crippen molar-refractivity contribution in [1.82, 2.24) is 10.2 Å². The fraction of sp³-hybridized carbons (Fsp3) is 0.357. The molecule has 1 saturated heterocycles. The number of imide groups is 1. The molecule has 1 fully saturated rings. The van der Waals surface area contributed by atoms with Gasteiger partial charge in [-0.05, 0) is 5.56 Å². The van der Waals surface area contributed by atoms with Crippen molar-refractivity contribution < 1.29 is 14.4 Å². The smallest absolute Gasteiger partial charge is 0.234 e. The van der Waals surface area contributed by atoms with Gasteiger partial charge in [-0.15, -0.1) is 0 Å². The van der Waals surface area contributed by atoms with E-state index < -0.39 is 5.92 Å². The summed E-state index contributed by atoms with van der Waals surface area (Å²) in [6.07, 6.45) is 0.173. The van der Waals surface area contributed by atoms with Gasteiger partial charge in [0.1, 0.15) is 0 Å². The lowest BCUT2D eigenvalue weighted by molar-refractivity contribution is -0.140. The van der Waals surface area contributed by atoms with Crippen molar-refractivity contribution in [2.75, 3.05) is 6.54 Å². The Morgan fingerprint density at radius 1 is 1.32 bits per heavy atom. The quantitative estimate of drug-likeness (QED) is 0.810. The fourth-order valence-electron chi connectivity index (χ4n) is 2.11. The Kier molecular flexibility index (Phi) is 3.94. The maximum absolute atomic E-state index is 12.1. The van der Waals surface area contributed by atoms with Crippen LogP contribution in [-0.4, -0.2) is 29.2 Å². The molecule has 0 unspecified atom stereocenters. The normalized spacial score (nSPS) is 18.8. The number of carbonyl (C=O) groups is 3. The second-order valence-electron chi connectivity index (χ2n) is 4.64. The van der Waals surface area contributed by atoms with Crippen molar-refractivity contribution in [3.63, 3.8) is 0 Å². The highest BCUT2D eigenvalue weighted by Gasteiger charge is 2.38. The van der Waals surface area contributed by atoms with E-state index in [2.05, 4.69) is 5.32 Å². The van der Waals surface area contributed by atoms with Gasteiger partial charge in [-0.3, -0.25) is 19.3 Å². The van der Waals surface area contributed by atoms with E-state index in [4.69, 9.17) is 0 Å². The number of carbonyl (C=O) groups excluding carboxylic acids is 3. The molecule has 1 aromatic carbocycles. The molecule has 1 N–H and O–H groups in total. The van der Waals surface area contributed by atoms with Gasteiger partial charge in [0.25, 0.3) is 0 Å². The maximum atomic E-state index is 12.1. The van der Waals surface area contributed by atoms with Crippen LogP contribution in [0.15, 0.2) is 30.3 Å². The molecule has 2 rings (SSSR count). The van der Waals surface area contributed by atoms with E-state index in [0.29, 0.717) is 6.54 Å². The molecule has 1 aliphatic rings. The maximum Gasteiger partial charge on any atom is 0.234 e. The van der Waals surface area contributed by atoms with Gasteiger partial charge in [-0.1, -0.05) is 30.3 Å². The van der Waals surface area contributed by atoms with Gasteiger partial charge in [-0.2, -0.15) is 0 Å². The first-order valence-electron chi connectivity index (χ1n) is 6.20. The third-order valence-electron chi connectivity index (χ3n) is 3.12. The summed E-state index contributed by atoms with van der Waals surface area (Å²) in [6.45, 7) is 1.92. The van der Waals surface area contributed by atoms with Gasteiger partial charge in [0.05, 0.1) is 12.5 Å². The summed E-state index contributed by atoms with van der Waals surface area (Å²) in [5, 5.41) is 2.58. The average Bonchev–Trinajstić information content (AvgIpc) is 2.65. The molecule has 1 heterocycles. The van der Waals surface area contributed by atoms with Crippen LogP contribution >= 0.6 is 0 Å². The summed E-state index contributed by atoms with van der Waals surface area (Å²) in [7, 11) is 0. The van der Waals surface area contributed by atoms with Crippen LogP contribution in [0, 0.1) is 5.92 Å². The summed E-state index contributed by atoms with van der Waals surface area (Å²) < 4.78 is 0. The molecular formula is C14H16N2O3. The molecule has 0 bridgehead atoms. The fourth-order valence-corrected chi connectivity index (χ4v) is 2.11.